The zero-order valence-corrected chi connectivity index (χ0v) is 17.3. The molecule has 0 radical (unpaired) electrons. The number of hydrogen-bond donors (Lipinski definition) is 3. The molecule has 0 spiro atoms. The number of rotatable bonds is 4. The molecule has 2 saturated heterocycles. The van der Waals surface area contributed by atoms with Gasteiger partial charge < -0.3 is 20.7 Å². The van der Waals surface area contributed by atoms with Gasteiger partial charge in [0.05, 0.1) is 29.9 Å². The van der Waals surface area contributed by atoms with Crippen molar-refractivity contribution in [3.8, 4) is 0 Å². The van der Waals surface area contributed by atoms with Gasteiger partial charge in [0.2, 0.25) is 0 Å². The predicted molar refractivity (Wildman–Crippen MR) is 108 cm³/mol. The van der Waals surface area contributed by atoms with Gasteiger partial charge in [0.1, 0.15) is 6.10 Å². The number of morpholine rings is 1. The summed E-state index contributed by atoms with van der Waals surface area (Å²) in [4.78, 5) is 16.7. The minimum atomic E-state index is -4.70. The monoisotopic (exact) mass is 458 g/mol. The Labute approximate surface area is 180 Å². The van der Waals surface area contributed by atoms with E-state index >= 15 is 0 Å². The molecule has 32 heavy (non-hydrogen) atoms. The fourth-order valence-electron chi connectivity index (χ4n) is 4.09. The second-order valence-corrected chi connectivity index (χ2v) is 8.16. The zero-order valence-electron chi connectivity index (χ0n) is 17.3. The molecular formula is C21H23F5N4O2. The van der Waals surface area contributed by atoms with E-state index in [1.807, 2.05) is 0 Å². The highest BCUT2D eigenvalue weighted by molar-refractivity contribution is 6.05. The van der Waals surface area contributed by atoms with E-state index < -0.39 is 42.1 Å². The molecule has 11 heteroatoms. The Bertz CT molecular complexity index is 1020. The zero-order chi connectivity index (χ0) is 23.1. The van der Waals surface area contributed by atoms with E-state index in [2.05, 4.69) is 20.9 Å². The molecule has 2 atom stereocenters. The number of aryl methyl sites for hydroxylation is 1. The normalized spacial score (nSPS) is 23.4. The lowest BCUT2D eigenvalue weighted by atomic mass is 9.97. The summed E-state index contributed by atoms with van der Waals surface area (Å²) in [5.74, 6) is -4.49. The fraction of sp³-hybridized carbons (Fsp3) is 0.524. The van der Waals surface area contributed by atoms with Gasteiger partial charge in [-0.3, -0.25) is 9.78 Å². The Hall–Kier alpha value is -2.37. The lowest BCUT2D eigenvalue weighted by Crippen LogP contribution is -2.45. The van der Waals surface area contributed by atoms with Crippen molar-refractivity contribution in [1.82, 2.24) is 15.6 Å². The molecule has 2 aliphatic heterocycles. The van der Waals surface area contributed by atoms with Crippen LogP contribution in [0.5, 0.6) is 0 Å². The van der Waals surface area contributed by atoms with Crippen molar-refractivity contribution in [2.45, 2.75) is 31.5 Å². The molecule has 0 unspecified atom stereocenters. The molecule has 6 nitrogen and oxygen atoms in total. The summed E-state index contributed by atoms with van der Waals surface area (Å²) in [5, 5.41) is 8.38. The van der Waals surface area contributed by atoms with Gasteiger partial charge in [0.15, 0.2) is 0 Å². The largest absolute Gasteiger partial charge is 0.418 e. The number of pyridine rings is 1. The third-order valence-corrected chi connectivity index (χ3v) is 5.81. The number of nitrogens with zero attached hydrogens (tertiary/aromatic N) is 1. The highest BCUT2D eigenvalue weighted by Gasteiger charge is 2.44. The molecule has 2 fully saturated rings. The van der Waals surface area contributed by atoms with Crippen LogP contribution in [0.1, 0.15) is 16.8 Å². The second kappa shape index (κ2) is 8.53. The number of carbonyl (C=O) groups is 1. The van der Waals surface area contributed by atoms with Crippen LogP contribution in [-0.4, -0.2) is 55.7 Å². The van der Waals surface area contributed by atoms with Crippen LogP contribution in [0.15, 0.2) is 18.2 Å². The maximum Gasteiger partial charge on any atom is 0.418 e. The van der Waals surface area contributed by atoms with Crippen molar-refractivity contribution < 1.29 is 31.5 Å². The number of benzene rings is 1. The summed E-state index contributed by atoms with van der Waals surface area (Å²) >= 11 is 0. The Morgan fingerprint density at radius 1 is 1.28 bits per heavy atom. The second-order valence-electron chi connectivity index (χ2n) is 8.16. The number of nitrogens with one attached hydrogen (secondary N) is 3. The van der Waals surface area contributed by atoms with E-state index in [0.29, 0.717) is 13.2 Å². The van der Waals surface area contributed by atoms with Gasteiger partial charge in [-0.2, -0.15) is 13.2 Å². The van der Waals surface area contributed by atoms with Gasteiger partial charge in [-0.05, 0) is 37.1 Å². The van der Waals surface area contributed by atoms with Gasteiger partial charge in [-0.1, -0.05) is 0 Å². The van der Waals surface area contributed by atoms with Gasteiger partial charge in [0.25, 0.3) is 11.8 Å². The molecule has 0 aliphatic carbocycles. The van der Waals surface area contributed by atoms with Crippen molar-refractivity contribution >= 4 is 22.5 Å². The molecule has 4 rings (SSSR count). The van der Waals surface area contributed by atoms with E-state index in [-0.39, 0.29) is 47.4 Å². The Morgan fingerprint density at radius 3 is 2.69 bits per heavy atom. The standard InChI is InChI=1S/C21H23F5N4O2/c1-11-6-15(21(24,25)26)18-14(17(11)30-19(31)16-9-27-4-5-32-16)3-2-13(29-18)7-12-8-28-10-20(12,22)23/h2-3,6,12,16,27-28H,4-5,7-10H2,1H3,(H,30,31)/t12-,16-/m1/s1. The first kappa shape index (κ1) is 22.8. The number of alkyl halides is 5. The van der Waals surface area contributed by atoms with Crippen molar-refractivity contribution in [3.05, 3.63) is 35.0 Å². The summed E-state index contributed by atoms with van der Waals surface area (Å²) in [7, 11) is 0. The highest BCUT2D eigenvalue weighted by Crippen LogP contribution is 2.39. The van der Waals surface area contributed by atoms with E-state index in [9.17, 15) is 26.7 Å². The van der Waals surface area contributed by atoms with Crippen LogP contribution in [0.3, 0.4) is 0 Å². The van der Waals surface area contributed by atoms with Crippen LogP contribution in [0.4, 0.5) is 27.6 Å². The molecule has 1 aromatic heterocycles. The van der Waals surface area contributed by atoms with Crippen LogP contribution >= 0.6 is 0 Å². The number of halogens is 5. The molecule has 1 aromatic carbocycles. The maximum absolute atomic E-state index is 14.0. The van der Waals surface area contributed by atoms with Crippen LogP contribution in [0, 0.1) is 12.8 Å². The van der Waals surface area contributed by atoms with Crippen LogP contribution in [-0.2, 0) is 22.1 Å². The first-order valence-corrected chi connectivity index (χ1v) is 10.3. The third-order valence-electron chi connectivity index (χ3n) is 5.81. The van der Waals surface area contributed by atoms with E-state index in [1.165, 1.54) is 19.1 Å². The molecular weight excluding hydrogens is 435 g/mol. The molecule has 1 amide bonds. The molecule has 3 N–H and O–H groups in total. The molecule has 2 aromatic rings. The van der Waals surface area contributed by atoms with E-state index in [4.69, 9.17) is 4.74 Å². The number of amides is 1. The first-order chi connectivity index (χ1) is 15.1. The lowest BCUT2D eigenvalue weighted by molar-refractivity contribution is -0.136. The third kappa shape index (κ3) is 4.55. The summed E-state index contributed by atoms with van der Waals surface area (Å²) in [5.41, 5.74) is -0.816. The maximum atomic E-state index is 14.0. The van der Waals surface area contributed by atoms with E-state index in [1.54, 1.807) is 0 Å². The summed E-state index contributed by atoms with van der Waals surface area (Å²) < 4.78 is 74.6. The summed E-state index contributed by atoms with van der Waals surface area (Å²) in [6.45, 7) is 2.29. The van der Waals surface area contributed by atoms with Crippen molar-refractivity contribution in [3.63, 3.8) is 0 Å². The average Bonchev–Trinajstić information content (AvgIpc) is 3.07. The van der Waals surface area contributed by atoms with Crippen molar-refractivity contribution in [1.29, 1.82) is 0 Å². The van der Waals surface area contributed by atoms with Crippen molar-refractivity contribution in [2.24, 2.45) is 5.92 Å². The van der Waals surface area contributed by atoms with Crippen LogP contribution in [0.25, 0.3) is 10.9 Å². The number of ether oxygens (including phenoxy) is 1. The van der Waals surface area contributed by atoms with E-state index in [0.717, 1.165) is 6.07 Å². The first-order valence-electron chi connectivity index (χ1n) is 10.3. The SMILES string of the molecule is Cc1cc(C(F)(F)F)c2nc(C[C@@H]3CNCC3(F)F)ccc2c1NC(=O)[C@H]1CNCCO1. The number of anilines is 1. The fourth-order valence-corrected chi connectivity index (χ4v) is 4.09. The van der Waals surface area contributed by atoms with Crippen molar-refractivity contribution in [2.75, 3.05) is 38.1 Å². The highest BCUT2D eigenvalue weighted by atomic mass is 19.4. The Kier molecular flexibility index (Phi) is 6.08. The molecule has 3 heterocycles. The average molecular weight is 458 g/mol. The van der Waals surface area contributed by atoms with Crippen LogP contribution < -0.4 is 16.0 Å². The quantitative estimate of drug-likeness (QED) is 0.615. The number of fused-ring (bicyclic) bond motifs is 1. The lowest BCUT2D eigenvalue weighted by Gasteiger charge is -2.24. The van der Waals surface area contributed by atoms with Crippen LogP contribution in [0.2, 0.25) is 0 Å². The Balaban J connectivity index is 1.73. The smallest absolute Gasteiger partial charge is 0.366 e. The minimum absolute atomic E-state index is 0.0590. The number of carbonyl (C=O) groups excluding carboxylic acids is 1. The predicted octanol–water partition coefficient (Wildman–Crippen LogP) is 2.89. The topological polar surface area (TPSA) is 75.3 Å². The summed E-state index contributed by atoms with van der Waals surface area (Å²) in [6.07, 6.45) is -5.64. The van der Waals surface area contributed by atoms with Gasteiger partial charge in [-0.15, -0.1) is 0 Å². The minimum Gasteiger partial charge on any atom is -0.366 e. The molecule has 0 saturated carbocycles. The van der Waals surface area contributed by atoms with Gasteiger partial charge in [-0.25, -0.2) is 8.78 Å². The van der Waals surface area contributed by atoms with Gasteiger partial charge >= 0.3 is 6.18 Å². The number of aromatic nitrogens is 1. The van der Waals surface area contributed by atoms with Gasteiger partial charge in [0, 0.05) is 36.6 Å². The molecule has 174 valence electrons. The summed E-state index contributed by atoms with van der Waals surface area (Å²) in [6, 6.07) is 3.75. The number of hydrogen-bond acceptors (Lipinski definition) is 5. The Morgan fingerprint density at radius 2 is 2.06 bits per heavy atom. The molecule has 2 aliphatic rings. The molecule has 0 bridgehead atoms.